The number of hydrogen-bond donors (Lipinski definition) is 0. The molecule has 0 fully saturated rings. The molecule has 33 heavy (non-hydrogen) atoms. The first-order valence-corrected chi connectivity index (χ1v) is 13.4. The summed E-state index contributed by atoms with van der Waals surface area (Å²) in [5.74, 6) is 0. The van der Waals surface area contributed by atoms with Gasteiger partial charge in [0.25, 0.3) is 0 Å². The second-order valence-electron chi connectivity index (χ2n) is 9.19. The molecule has 3 heteroatoms. The van der Waals surface area contributed by atoms with E-state index in [0.717, 1.165) is 26.2 Å². The van der Waals surface area contributed by atoms with Gasteiger partial charge in [-0.2, -0.15) is 0 Å². The van der Waals surface area contributed by atoms with Crippen molar-refractivity contribution in [2.75, 3.05) is 43.1 Å². The van der Waals surface area contributed by atoms with Crippen LogP contribution >= 0.6 is 0 Å². The predicted molar refractivity (Wildman–Crippen MR) is 146 cm³/mol. The van der Waals surface area contributed by atoms with Gasteiger partial charge in [0, 0.05) is 44.7 Å². The SMILES string of the molecule is CCCCN(CCCC)c1ccc(C(OC)c2ccc(N(CCCC)CCCC)cc2)cc1. The van der Waals surface area contributed by atoms with Crippen LogP contribution in [0, 0.1) is 0 Å². The number of ether oxygens (including phenoxy) is 1. The van der Waals surface area contributed by atoms with Gasteiger partial charge in [-0.3, -0.25) is 0 Å². The molecule has 0 aliphatic heterocycles. The van der Waals surface area contributed by atoms with Crippen LogP contribution in [-0.4, -0.2) is 33.3 Å². The van der Waals surface area contributed by atoms with Gasteiger partial charge >= 0.3 is 0 Å². The van der Waals surface area contributed by atoms with Gasteiger partial charge in [0.1, 0.15) is 6.10 Å². The lowest BCUT2D eigenvalue weighted by molar-refractivity contribution is 0.136. The molecule has 3 nitrogen and oxygen atoms in total. The third kappa shape index (κ3) is 8.70. The molecular formula is C30H48N2O. The summed E-state index contributed by atoms with van der Waals surface area (Å²) in [5, 5.41) is 0. The van der Waals surface area contributed by atoms with Crippen molar-refractivity contribution in [3.63, 3.8) is 0 Å². The van der Waals surface area contributed by atoms with E-state index in [-0.39, 0.29) is 6.10 Å². The number of benzene rings is 2. The molecule has 184 valence electrons. The highest BCUT2D eigenvalue weighted by Gasteiger charge is 2.15. The van der Waals surface area contributed by atoms with E-state index >= 15 is 0 Å². The van der Waals surface area contributed by atoms with Crippen molar-refractivity contribution >= 4 is 11.4 Å². The molecule has 0 saturated carbocycles. The fourth-order valence-corrected chi connectivity index (χ4v) is 4.32. The zero-order valence-corrected chi connectivity index (χ0v) is 22.0. The van der Waals surface area contributed by atoms with Gasteiger partial charge < -0.3 is 14.5 Å². The van der Waals surface area contributed by atoms with Gasteiger partial charge in [0.2, 0.25) is 0 Å². The first kappa shape index (κ1) is 27.2. The van der Waals surface area contributed by atoms with Gasteiger partial charge in [-0.15, -0.1) is 0 Å². The Morgan fingerprint density at radius 1 is 0.545 bits per heavy atom. The summed E-state index contributed by atoms with van der Waals surface area (Å²) in [7, 11) is 1.82. The summed E-state index contributed by atoms with van der Waals surface area (Å²) in [6.07, 6.45) is 9.87. The van der Waals surface area contributed by atoms with Crippen molar-refractivity contribution in [2.45, 2.75) is 85.2 Å². The highest BCUT2D eigenvalue weighted by molar-refractivity contribution is 5.51. The molecule has 0 N–H and O–H groups in total. The minimum atomic E-state index is -0.0347. The average Bonchev–Trinajstić information content (AvgIpc) is 2.86. The van der Waals surface area contributed by atoms with Crippen LogP contribution in [-0.2, 0) is 4.74 Å². The highest BCUT2D eigenvalue weighted by Crippen LogP contribution is 2.29. The lowest BCUT2D eigenvalue weighted by atomic mass is 10.00. The third-order valence-electron chi connectivity index (χ3n) is 6.48. The number of unbranched alkanes of at least 4 members (excludes halogenated alkanes) is 4. The van der Waals surface area contributed by atoms with E-state index in [9.17, 15) is 0 Å². The molecule has 0 unspecified atom stereocenters. The van der Waals surface area contributed by atoms with Crippen molar-refractivity contribution in [3.8, 4) is 0 Å². The number of anilines is 2. The topological polar surface area (TPSA) is 15.7 Å². The van der Waals surface area contributed by atoms with E-state index in [2.05, 4.69) is 86.0 Å². The van der Waals surface area contributed by atoms with Crippen molar-refractivity contribution in [1.29, 1.82) is 0 Å². The van der Waals surface area contributed by atoms with Gasteiger partial charge in [-0.25, -0.2) is 0 Å². The summed E-state index contributed by atoms with van der Waals surface area (Å²) in [6, 6.07) is 18.1. The van der Waals surface area contributed by atoms with Crippen molar-refractivity contribution in [2.24, 2.45) is 0 Å². The van der Waals surface area contributed by atoms with Gasteiger partial charge in [-0.1, -0.05) is 77.6 Å². The van der Waals surface area contributed by atoms with Crippen LogP contribution in [0.5, 0.6) is 0 Å². The molecule has 0 heterocycles. The fraction of sp³-hybridized carbons (Fsp3) is 0.600. The Kier molecular flexibility index (Phi) is 13.0. The second-order valence-corrected chi connectivity index (χ2v) is 9.19. The maximum atomic E-state index is 5.96. The molecule has 2 rings (SSSR count). The number of hydrogen-bond acceptors (Lipinski definition) is 3. The summed E-state index contributed by atoms with van der Waals surface area (Å²) >= 11 is 0. The first-order chi connectivity index (χ1) is 16.2. The molecule has 0 spiro atoms. The van der Waals surface area contributed by atoms with Crippen molar-refractivity contribution < 1.29 is 4.74 Å². The standard InChI is InChI=1S/C30H48N2O/c1-6-10-22-31(23-11-7-2)28-18-14-26(15-19-28)30(33-5)27-16-20-29(21-17-27)32(24-12-8-3)25-13-9-4/h14-21,30H,6-13,22-25H2,1-5H3. The highest BCUT2D eigenvalue weighted by atomic mass is 16.5. The van der Waals surface area contributed by atoms with Crippen molar-refractivity contribution in [3.05, 3.63) is 59.7 Å². The minimum Gasteiger partial charge on any atom is -0.372 e. The molecule has 0 bridgehead atoms. The van der Waals surface area contributed by atoms with Crippen LogP contribution in [0.25, 0.3) is 0 Å². The zero-order valence-electron chi connectivity index (χ0n) is 22.0. The maximum Gasteiger partial charge on any atom is 0.107 e. The molecule has 2 aromatic rings. The normalized spacial score (nSPS) is 11.2. The number of methoxy groups -OCH3 is 1. The number of nitrogens with zero attached hydrogens (tertiary/aromatic N) is 2. The molecule has 0 amide bonds. The molecule has 0 saturated heterocycles. The largest absolute Gasteiger partial charge is 0.372 e. The average molecular weight is 453 g/mol. The molecule has 0 aliphatic rings. The Bertz CT molecular complexity index is 661. The quantitative estimate of drug-likeness (QED) is 0.240. The van der Waals surface area contributed by atoms with Gasteiger partial charge in [0.05, 0.1) is 0 Å². The van der Waals surface area contributed by atoms with Crippen LogP contribution in [0.3, 0.4) is 0 Å². The van der Waals surface area contributed by atoms with E-state index in [1.54, 1.807) is 0 Å². The molecule has 0 atom stereocenters. The van der Waals surface area contributed by atoms with E-state index in [1.807, 2.05) is 7.11 Å². The molecule has 0 aliphatic carbocycles. The van der Waals surface area contributed by atoms with E-state index in [4.69, 9.17) is 4.74 Å². The molecule has 0 aromatic heterocycles. The van der Waals surface area contributed by atoms with Crippen LogP contribution < -0.4 is 9.80 Å². The molecule has 0 radical (unpaired) electrons. The summed E-state index contributed by atoms with van der Waals surface area (Å²) < 4.78 is 5.96. The minimum absolute atomic E-state index is 0.0347. The Hall–Kier alpha value is -2.00. The van der Waals surface area contributed by atoms with E-state index < -0.39 is 0 Å². The van der Waals surface area contributed by atoms with E-state index in [1.165, 1.54) is 73.9 Å². The smallest absolute Gasteiger partial charge is 0.107 e. The molecule has 2 aromatic carbocycles. The lowest BCUT2D eigenvalue weighted by Crippen LogP contribution is -2.25. The second kappa shape index (κ2) is 15.8. The summed E-state index contributed by atoms with van der Waals surface area (Å²) in [5.41, 5.74) is 5.09. The fourth-order valence-electron chi connectivity index (χ4n) is 4.32. The molecular weight excluding hydrogens is 404 g/mol. The van der Waals surface area contributed by atoms with Crippen LogP contribution in [0.4, 0.5) is 11.4 Å². The first-order valence-electron chi connectivity index (χ1n) is 13.4. The van der Waals surface area contributed by atoms with Gasteiger partial charge in [-0.05, 0) is 61.1 Å². The van der Waals surface area contributed by atoms with Crippen molar-refractivity contribution in [1.82, 2.24) is 0 Å². The Labute approximate surface area is 204 Å². The predicted octanol–water partition coefficient (Wildman–Crippen LogP) is 8.24. The van der Waals surface area contributed by atoms with Crippen LogP contribution in [0.1, 0.15) is 96.3 Å². The van der Waals surface area contributed by atoms with Crippen LogP contribution in [0.2, 0.25) is 0 Å². The Morgan fingerprint density at radius 3 is 1.09 bits per heavy atom. The lowest BCUT2D eigenvalue weighted by Gasteiger charge is -2.26. The van der Waals surface area contributed by atoms with Crippen LogP contribution in [0.15, 0.2) is 48.5 Å². The zero-order chi connectivity index (χ0) is 23.9. The Balaban J connectivity index is 2.15. The van der Waals surface area contributed by atoms with E-state index in [0.29, 0.717) is 0 Å². The monoisotopic (exact) mass is 452 g/mol. The Morgan fingerprint density at radius 2 is 0.848 bits per heavy atom. The maximum absolute atomic E-state index is 5.96. The summed E-state index contributed by atoms with van der Waals surface area (Å²) in [4.78, 5) is 5.07. The van der Waals surface area contributed by atoms with Gasteiger partial charge in [0.15, 0.2) is 0 Å². The number of rotatable bonds is 17. The third-order valence-corrected chi connectivity index (χ3v) is 6.48. The summed E-state index contributed by atoms with van der Waals surface area (Å²) in [6.45, 7) is 13.6.